The zero-order chi connectivity index (χ0) is 11.7. The van der Waals surface area contributed by atoms with E-state index in [4.69, 9.17) is 0 Å². The van der Waals surface area contributed by atoms with Gasteiger partial charge in [0.25, 0.3) is 0 Å². The highest BCUT2D eigenvalue weighted by Crippen LogP contribution is 2.39. The highest BCUT2D eigenvalue weighted by molar-refractivity contribution is 8.00. The molecule has 2 aliphatic rings. The predicted octanol–water partition coefficient (Wildman–Crippen LogP) is 1.98. The van der Waals surface area contributed by atoms with E-state index in [0.29, 0.717) is 6.04 Å². The SMILES string of the molecule is Cl.O=C(NC1CCNC1)C1SCCc2sccc21. The minimum atomic E-state index is 0. The third-order valence-corrected chi connectivity index (χ3v) is 5.56. The quantitative estimate of drug-likeness (QED) is 0.878. The molecule has 1 saturated heterocycles. The van der Waals surface area contributed by atoms with Gasteiger partial charge in [0.1, 0.15) is 5.25 Å². The second-order valence-electron chi connectivity index (χ2n) is 4.50. The summed E-state index contributed by atoms with van der Waals surface area (Å²) in [4.78, 5) is 13.7. The van der Waals surface area contributed by atoms with E-state index in [1.807, 2.05) is 0 Å². The minimum absolute atomic E-state index is 0. The van der Waals surface area contributed by atoms with Crippen LogP contribution in [0.3, 0.4) is 0 Å². The van der Waals surface area contributed by atoms with Crippen LogP contribution >= 0.6 is 35.5 Å². The lowest BCUT2D eigenvalue weighted by Gasteiger charge is -2.23. The van der Waals surface area contributed by atoms with Crippen molar-refractivity contribution in [2.75, 3.05) is 18.8 Å². The molecule has 0 spiro atoms. The Bertz CT molecular complexity index is 418. The van der Waals surface area contributed by atoms with E-state index in [1.165, 1.54) is 10.4 Å². The first-order valence-electron chi connectivity index (χ1n) is 6.03. The summed E-state index contributed by atoms with van der Waals surface area (Å²) < 4.78 is 0. The van der Waals surface area contributed by atoms with Crippen LogP contribution in [0, 0.1) is 0 Å². The molecule has 1 aromatic heterocycles. The molecular weight excluding hydrogens is 288 g/mol. The van der Waals surface area contributed by atoms with E-state index >= 15 is 0 Å². The minimum Gasteiger partial charge on any atom is -0.351 e. The highest BCUT2D eigenvalue weighted by Gasteiger charge is 2.29. The number of thiophene rings is 1. The maximum absolute atomic E-state index is 12.3. The number of aryl methyl sites for hydroxylation is 1. The topological polar surface area (TPSA) is 41.1 Å². The molecule has 0 aromatic carbocycles. The average molecular weight is 305 g/mol. The Kier molecular flexibility index (Phi) is 4.95. The Hall–Kier alpha value is -0.230. The van der Waals surface area contributed by atoms with Crippen LogP contribution in [0.4, 0.5) is 0 Å². The molecule has 3 nitrogen and oxygen atoms in total. The summed E-state index contributed by atoms with van der Waals surface area (Å²) in [5, 5.41) is 8.56. The number of carbonyl (C=O) groups is 1. The van der Waals surface area contributed by atoms with Gasteiger partial charge in [0.05, 0.1) is 0 Å². The highest BCUT2D eigenvalue weighted by atomic mass is 35.5. The molecule has 2 unspecified atom stereocenters. The van der Waals surface area contributed by atoms with Crippen molar-refractivity contribution in [2.45, 2.75) is 24.1 Å². The van der Waals surface area contributed by atoms with Gasteiger partial charge in [0, 0.05) is 17.5 Å². The first-order chi connectivity index (χ1) is 8.34. The second kappa shape index (κ2) is 6.28. The number of nitrogens with one attached hydrogen (secondary N) is 2. The van der Waals surface area contributed by atoms with Crippen molar-refractivity contribution in [1.29, 1.82) is 0 Å². The van der Waals surface area contributed by atoms with Crippen molar-refractivity contribution in [3.63, 3.8) is 0 Å². The summed E-state index contributed by atoms with van der Waals surface area (Å²) in [6.45, 7) is 1.94. The predicted molar refractivity (Wildman–Crippen MR) is 79.9 cm³/mol. The van der Waals surface area contributed by atoms with Crippen LogP contribution < -0.4 is 10.6 Å². The summed E-state index contributed by atoms with van der Waals surface area (Å²) >= 11 is 3.56. The molecule has 2 aliphatic heterocycles. The molecule has 1 aromatic rings. The Morgan fingerprint density at radius 3 is 3.17 bits per heavy atom. The van der Waals surface area contributed by atoms with Crippen LogP contribution in [0.5, 0.6) is 0 Å². The van der Waals surface area contributed by atoms with E-state index in [9.17, 15) is 4.79 Å². The Morgan fingerprint density at radius 1 is 1.50 bits per heavy atom. The standard InChI is InChI=1S/C12H16N2OS2.ClH/c15-12(14-8-1-4-13-7-8)11-9-2-5-16-10(9)3-6-17-11;/h2,5,8,11,13H,1,3-4,6-7H2,(H,14,15);1H. The number of hydrogen-bond donors (Lipinski definition) is 2. The van der Waals surface area contributed by atoms with Crippen LogP contribution in [0.25, 0.3) is 0 Å². The summed E-state index contributed by atoms with van der Waals surface area (Å²) in [5.74, 6) is 1.26. The lowest BCUT2D eigenvalue weighted by atomic mass is 10.1. The molecule has 6 heteroatoms. The lowest BCUT2D eigenvalue weighted by molar-refractivity contribution is -0.121. The van der Waals surface area contributed by atoms with Crippen molar-refractivity contribution in [1.82, 2.24) is 10.6 Å². The summed E-state index contributed by atoms with van der Waals surface area (Å²) in [7, 11) is 0. The maximum atomic E-state index is 12.3. The monoisotopic (exact) mass is 304 g/mol. The molecular formula is C12H17ClN2OS2. The van der Waals surface area contributed by atoms with Crippen molar-refractivity contribution in [2.24, 2.45) is 0 Å². The first kappa shape index (κ1) is 14.2. The largest absolute Gasteiger partial charge is 0.351 e. The zero-order valence-corrected chi connectivity index (χ0v) is 12.4. The van der Waals surface area contributed by atoms with E-state index in [1.54, 1.807) is 23.1 Å². The van der Waals surface area contributed by atoms with Gasteiger partial charge in [0.15, 0.2) is 0 Å². The fourth-order valence-corrected chi connectivity index (χ4v) is 4.72. The van der Waals surface area contributed by atoms with E-state index in [2.05, 4.69) is 22.1 Å². The number of fused-ring (bicyclic) bond motifs is 1. The normalized spacial score (nSPS) is 26.2. The molecule has 3 rings (SSSR count). The number of hydrogen-bond acceptors (Lipinski definition) is 4. The van der Waals surface area contributed by atoms with Crippen LogP contribution in [0.2, 0.25) is 0 Å². The van der Waals surface area contributed by atoms with Gasteiger partial charge in [-0.25, -0.2) is 0 Å². The van der Waals surface area contributed by atoms with Gasteiger partial charge in [-0.2, -0.15) is 0 Å². The lowest BCUT2D eigenvalue weighted by Crippen LogP contribution is -2.39. The molecule has 18 heavy (non-hydrogen) atoms. The van der Waals surface area contributed by atoms with Crippen LogP contribution in [0.1, 0.15) is 22.1 Å². The molecule has 100 valence electrons. The van der Waals surface area contributed by atoms with E-state index in [0.717, 1.165) is 31.7 Å². The smallest absolute Gasteiger partial charge is 0.237 e. The third-order valence-electron chi connectivity index (χ3n) is 3.32. The van der Waals surface area contributed by atoms with Crippen molar-refractivity contribution in [3.05, 3.63) is 21.9 Å². The van der Waals surface area contributed by atoms with E-state index in [-0.39, 0.29) is 23.6 Å². The van der Waals surface area contributed by atoms with Gasteiger partial charge in [-0.1, -0.05) is 0 Å². The second-order valence-corrected chi connectivity index (χ2v) is 6.71. The van der Waals surface area contributed by atoms with Crippen LogP contribution in [-0.4, -0.2) is 30.8 Å². The molecule has 0 saturated carbocycles. The summed E-state index contributed by atoms with van der Waals surface area (Å²) in [6, 6.07) is 2.44. The number of rotatable bonds is 2. The third kappa shape index (κ3) is 2.85. The molecule has 1 amide bonds. The zero-order valence-electron chi connectivity index (χ0n) is 9.98. The van der Waals surface area contributed by atoms with Gasteiger partial charge in [-0.05, 0) is 42.1 Å². The summed E-state index contributed by atoms with van der Waals surface area (Å²) in [6.07, 6.45) is 2.17. The first-order valence-corrected chi connectivity index (χ1v) is 7.96. The molecule has 2 N–H and O–H groups in total. The Morgan fingerprint density at radius 2 is 2.39 bits per heavy atom. The van der Waals surface area contributed by atoms with Gasteiger partial charge in [-0.15, -0.1) is 35.5 Å². The summed E-state index contributed by atoms with van der Waals surface area (Å²) in [5.41, 5.74) is 1.25. The molecule has 1 fully saturated rings. The molecule has 2 atom stereocenters. The molecule has 0 aliphatic carbocycles. The maximum Gasteiger partial charge on any atom is 0.237 e. The molecule has 0 bridgehead atoms. The Labute approximate surface area is 122 Å². The van der Waals surface area contributed by atoms with Crippen molar-refractivity contribution < 1.29 is 4.79 Å². The fraction of sp³-hybridized carbons (Fsp3) is 0.583. The van der Waals surface area contributed by atoms with Crippen LogP contribution in [-0.2, 0) is 11.2 Å². The van der Waals surface area contributed by atoms with Gasteiger partial charge < -0.3 is 10.6 Å². The number of thioether (sulfide) groups is 1. The molecule has 0 radical (unpaired) electrons. The molecule has 3 heterocycles. The number of carbonyl (C=O) groups excluding carboxylic acids is 1. The number of amides is 1. The Balaban J connectivity index is 0.00000120. The van der Waals surface area contributed by atoms with Gasteiger partial charge >= 0.3 is 0 Å². The van der Waals surface area contributed by atoms with Crippen molar-refractivity contribution in [3.8, 4) is 0 Å². The van der Waals surface area contributed by atoms with E-state index < -0.39 is 0 Å². The van der Waals surface area contributed by atoms with Crippen molar-refractivity contribution >= 4 is 41.4 Å². The fourth-order valence-electron chi connectivity index (χ4n) is 2.42. The van der Waals surface area contributed by atoms with Gasteiger partial charge in [0.2, 0.25) is 5.91 Å². The van der Waals surface area contributed by atoms with Crippen LogP contribution in [0.15, 0.2) is 11.4 Å². The van der Waals surface area contributed by atoms with Gasteiger partial charge in [-0.3, -0.25) is 4.79 Å². The average Bonchev–Trinajstić information content (AvgIpc) is 2.97. The number of halogens is 1.